The van der Waals surface area contributed by atoms with Gasteiger partial charge in [0.25, 0.3) is 0 Å². The zero-order chi connectivity index (χ0) is 48.6. The fourth-order valence-corrected chi connectivity index (χ4v) is 7.69. The number of aromatic hydroxyl groups is 1. The number of para-hydroxylation sites is 1. The van der Waals surface area contributed by atoms with Gasteiger partial charge in [-0.3, -0.25) is 9.55 Å². The number of benzene rings is 7. The van der Waals surface area contributed by atoms with E-state index in [1.165, 1.54) is 0 Å². The molecule has 0 bridgehead atoms. The number of pyridine rings is 1. The molecule has 2 heterocycles. The summed E-state index contributed by atoms with van der Waals surface area (Å²) in [7, 11) is 0. The average molecular weight is 788 g/mol. The highest BCUT2D eigenvalue weighted by Crippen LogP contribution is 2.45. The summed E-state index contributed by atoms with van der Waals surface area (Å²) in [5, 5.41) is 12.4. The summed E-state index contributed by atoms with van der Waals surface area (Å²) in [6.45, 7) is 12.7. The first-order valence-corrected chi connectivity index (χ1v) is 20.1. The van der Waals surface area contributed by atoms with E-state index < -0.39 is 47.8 Å². The summed E-state index contributed by atoms with van der Waals surface area (Å²) in [4.78, 5) is 9.94. The van der Waals surface area contributed by atoms with Gasteiger partial charge in [-0.05, 0) is 110 Å². The highest BCUT2D eigenvalue weighted by molar-refractivity contribution is 5.98. The van der Waals surface area contributed by atoms with Crippen molar-refractivity contribution in [3.05, 3.63) is 193 Å². The smallest absolute Gasteiger partial charge is 0.149 e. The SMILES string of the molecule is [2H]c1nc(-c2cc(-c3ccccc3)cc(-c3cccc4c3nc(-c3cc(C(C)(C)C)cc(C(C)(C)C)c3O)n4-c3ccc(-c4ccccc4)cc3)c2)c([2H])c(-c2c([2H])c([2H])c([2H])c([2H])c2[2H])c1[2H]. The standard InChI is InChI=1S/C56H49N3O/c1-55(2,3)45-35-48(53(60)49(36-45)56(4,5)6)54-58-52-47(23-16-24-51(52)59(54)46-27-25-40(26-28-46)37-17-10-7-11-18-37)43-31-42(39-21-14-9-15-22-39)32-44(33-43)50-34-41(29-30-57-50)38-19-12-8-13-20-38/h7-36,60H,1-6H3/i8D,12D,13D,19D,20D,29D,30D,34D. The molecule has 0 aliphatic carbocycles. The van der Waals surface area contributed by atoms with Gasteiger partial charge < -0.3 is 5.11 Å². The normalized spacial score (nSPS) is 13.8. The van der Waals surface area contributed by atoms with E-state index in [9.17, 15) is 6.48 Å². The topological polar surface area (TPSA) is 50.9 Å². The van der Waals surface area contributed by atoms with Gasteiger partial charge in [-0.15, -0.1) is 0 Å². The average Bonchev–Trinajstić information content (AvgIpc) is 3.72. The number of imidazole rings is 1. The number of hydrogen-bond acceptors (Lipinski definition) is 3. The van der Waals surface area contributed by atoms with Gasteiger partial charge in [0.1, 0.15) is 11.6 Å². The Balaban J connectivity index is 1.34. The van der Waals surface area contributed by atoms with Crippen molar-refractivity contribution in [3.8, 4) is 78.6 Å². The Labute approximate surface area is 364 Å². The van der Waals surface area contributed by atoms with E-state index in [0.29, 0.717) is 28.0 Å². The maximum atomic E-state index is 12.4. The first-order valence-electron chi connectivity index (χ1n) is 24.1. The van der Waals surface area contributed by atoms with Crippen molar-refractivity contribution < 1.29 is 16.1 Å². The van der Waals surface area contributed by atoms with Crippen molar-refractivity contribution in [1.29, 1.82) is 0 Å². The van der Waals surface area contributed by atoms with Crippen LogP contribution in [0.1, 0.15) is 63.6 Å². The molecule has 0 unspecified atom stereocenters. The number of fused-ring (bicyclic) bond motifs is 1. The number of phenols is 1. The maximum Gasteiger partial charge on any atom is 0.149 e. The first-order chi connectivity index (χ1) is 32.2. The monoisotopic (exact) mass is 787 g/mol. The second kappa shape index (κ2) is 15.3. The Morgan fingerprint density at radius 3 is 1.83 bits per heavy atom. The van der Waals surface area contributed by atoms with Crippen LogP contribution in [0.15, 0.2) is 182 Å². The summed E-state index contributed by atoms with van der Waals surface area (Å²) >= 11 is 0. The lowest BCUT2D eigenvalue weighted by atomic mass is 9.79. The summed E-state index contributed by atoms with van der Waals surface area (Å²) in [5.41, 5.74) is 8.93. The van der Waals surface area contributed by atoms with Gasteiger partial charge in [0.15, 0.2) is 0 Å². The third-order valence-corrected chi connectivity index (χ3v) is 10.9. The van der Waals surface area contributed by atoms with E-state index in [1.807, 2.05) is 91.0 Å². The van der Waals surface area contributed by atoms with Crippen LogP contribution in [0, 0.1) is 0 Å². The molecule has 60 heavy (non-hydrogen) atoms. The van der Waals surface area contributed by atoms with Crippen LogP contribution in [0.3, 0.4) is 0 Å². The lowest BCUT2D eigenvalue weighted by Gasteiger charge is -2.27. The van der Waals surface area contributed by atoms with Crippen LogP contribution in [0.2, 0.25) is 0 Å². The van der Waals surface area contributed by atoms with Gasteiger partial charge >= 0.3 is 0 Å². The van der Waals surface area contributed by atoms with Crippen molar-refractivity contribution in [2.24, 2.45) is 0 Å². The largest absolute Gasteiger partial charge is 0.507 e. The minimum absolute atomic E-state index is 0.00219. The molecule has 0 fully saturated rings. The van der Waals surface area contributed by atoms with E-state index in [0.717, 1.165) is 50.1 Å². The summed E-state index contributed by atoms with van der Waals surface area (Å²) < 4.78 is 71.6. The number of aromatic nitrogens is 3. The minimum atomic E-state index is -0.606. The quantitative estimate of drug-likeness (QED) is 0.175. The molecule has 1 N–H and O–H groups in total. The molecular weight excluding hydrogens is 731 g/mol. The number of phenolic OH excluding ortho intramolecular Hbond substituents is 1. The number of rotatable bonds is 7. The Morgan fingerprint density at radius 2 is 1.17 bits per heavy atom. The van der Waals surface area contributed by atoms with Crippen molar-refractivity contribution in [3.63, 3.8) is 0 Å². The van der Waals surface area contributed by atoms with Crippen molar-refractivity contribution in [2.75, 3.05) is 0 Å². The molecule has 0 radical (unpaired) electrons. The molecule has 0 amide bonds. The Morgan fingerprint density at radius 1 is 0.533 bits per heavy atom. The zero-order valence-electron chi connectivity index (χ0n) is 42.5. The molecule has 4 nitrogen and oxygen atoms in total. The molecule has 7 aromatic carbocycles. The van der Waals surface area contributed by atoms with E-state index in [2.05, 4.69) is 93.6 Å². The molecule has 0 saturated carbocycles. The second-order valence-corrected chi connectivity index (χ2v) is 17.1. The van der Waals surface area contributed by atoms with Crippen LogP contribution in [0.5, 0.6) is 5.75 Å². The summed E-state index contributed by atoms with van der Waals surface area (Å²) in [6, 6.07) is 40.1. The van der Waals surface area contributed by atoms with Gasteiger partial charge in [0.05, 0.1) is 33.3 Å². The van der Waals surface area contributed by atoms with Crippen molar-refractivity contribution in [2.45, 2.75) is 52.4 Å². The fourth-order valence-electron chi connectivity index (χ4n) is 7.69. The van der Waals surface area contributed by atoms with Crippen molar-refractivity contribution in [1.82, 2.24) is 14.5 Å². The van der Waals surface area contributed by atoms with E-state index in [4.69, 9.17) is 14.6 Å². The molecule has 9 rings (SSSR count). The zero-order valence-corrected chi connectivity index (χ0v) is 34.5. The molecule has 9 aromatic rings. The van der Waals surface area contributed by atoms with Gasteiger partial charge in [-0.2, -0.15) is 0 Å². The minimum Gasteiger partial charge on any atom is -0.507 e. The third-order valence-electron chi connectivity index (χ3n) is 10.9. The predicted molar refractivity (Wildman–Crippen MR) is 251 cm³/mol. The van der Waals surface area contributed by atoms with Crippen LogP contribution >= 0.6 is 0 Å². The molecule has 0 atom stereocenters. The van der Waals surface area contributed by atoms with E-state index >= 15 is 0 Å². The Hall–Kier alpha value is -7.04. The molecule has 2 aromatic heterocycles. The lowest BCUT2D eigenvalue weighted by Crippen LogP contribution is -2.17. The molecule has 4 heteroatoms. The van der Waals surface area contributed by atoms with Gasteiger partial charge in [0, 0.05) is 28.6 Å². The Kier molecular flexibility index (Phi) is 7.66. The van der Waals surface area contributed by atoms with Crippen LogP contribution in [-0.4, -0.2) is 19.6 Å². The third kappa shape index (κ3) is 7.42. The van der Waals surface area contributed by atoms with Gasteiger partial charge in [-0.25, -0.2) is 4.98 Å². The number of hydrogen-bond donors (Lipinski definition) is 1. The first kappa shape index (κ1) is 30.1. The van der Waals surface area contributed by atoms with Crippen LogP contribution in [0.25, 0.3) is 83.9 Å². The second-order valence-electron chi connectivity index (χ2n) is 17.1. The molecule has 0 aliphatic heterocycles. The van der Waals surface area contributed by atoms with E-state index in [1.54, 1.807) is 0 Å². The molecule has 0 aliphatic rings. The lowest BCUT2D eigenvalue weighted by molar-refractivity contribution is 0.446. The molecule has 0 spiro atoms. The van der Waals surface area contributed by atoms with Crippen LogP contribution in [0.4, 0.5) is 0 Å². The Bertz CT molecular complexity index is 3420. The highest BCUT2D eigenvalue weighted by Gasteiger charge is 2.28. The predicted octanol–water partition coefficient (Wildman–Crippen LogP) is 14.7. The highest BCUT2D eigenvalue weighted by atomic mass is 16.3. The van der Waals surface area contributed by atoms with Crippen molar-refractivity contribution >= 4 is 11.0 Å². The van der Waals surface area contributed by atoms with Gasteiger partial charge in [0.2, 0.25) is 0 Å². The molecular formula is C56H49N3O. The number of nitrogens with zero attached hydrogens (tertiary/aromatic N) is 3. The van der Waals surface area contributed by atoms with Crippen LogP contribution < -0.4 is 0 Å². The van der Waals surface area contributed by atoms with Gasteiger partial charge in [-0.1, -0.05) is 163 Å². The maximum absolute atomic E-state index is 12.4. The summed E-state index contributed by atoms with van der Waals surface area (Å²) in [5.74, 6) is 0.683. The fraction of sp³-hybridized carbons (Fsp3) is 0.143. The van der Waals surface area contributed by atoms with Crippen LogP contribution in [-0.2, 0) is 10.8 Å². The summed E-state index contributed by atoms with van der Waals surface area (Å²) in [6.07, 6.45) is -0.514. The molecule has 0 saturated heterocycles. The molecule has 294 valence electrons. The van der Waals surface area contributed by atoms with E-state index in [-0.39, 0.29) is 34.0 Å².